The van der Waals surface area contributed by atoms with Crippen molar-refractivity contribution >= 4 is 44.6 Å². The zero-order chi connectivity index (χ0) is 16.5. The number of halogens is 2. The van der Waals surface area contributed by atoms with Crippen LogP contribution < -0.4 is 5.32 Å². The molecule has 0 aromatic carbocycles. The molecular weight excluding hydrogens is 398 g/mol. The monoisotopic (exact) mass is 415 g/mol. The van der Waals surface area contributed by atoms with Crippen molar-refractivity contribution in [2.75, 3.05) is 18.5 Å². The number of rotatable bonds is 3. The molecule has 2 aromatic rings. The molecule has 0 bridgehead atoms. The molecule has 0 amide bonds. The molecule has 0 radical (unpaired) electrons. The van der Waals surface area contributed by atoms with Crippen molar-refractivity contribution < 1.29 is 9.47 Å². The molecule has 4 heterocycles. The minimum Gasteiger partial charge on any atom is -0.359 e. The number of imidazole rings is 1. The third kappa shape index (κ3) is 3.24. The molecule has 2 unspecified atom stereocenters. The summed E-state index contributed by atoms with van der Waals surface area (Å²) in [6.07, 6.45) is 6.14. The van der Waals surface area contributed by atoms with Crippen molar-refractivity contribution in [3.8, 4) is 0 Å². The molecule has 7 nitrogen and oxygen atoms in total. The number of ether oxygens (including phenoxy) is 2. The van der Waals surface area contributed by atoms with Gasteiger partial charge in [-0.1, -0.05) is 11.6 Å². The molecule has 2 aromatic heterocycles. The molecular formula is C15H19BrClN5O2. The van der Waals surface area contributed by atoms with Crippen LogP contribution in [-0.2, 0) is 9.47 Å². The van der Waals surface area contributed by atoms with Gasteiger partial charge >= 0.3 is 0 Å². The quantitative estimate of drug-likeness (QED) is 0.604. The van der Waals surface area contributed by atoms with E-state index in [1.54, 1.807) is 0 Å². The highest BCUT2D eigenvalue weighted by atomic mass is 79.9. The molecule has 24 heavy (non-hydrogen) atoms. The van der Waals surface area contributed by atoms with E-state index in [2.05, 4.69) is 36.2 Å². The van der Waals surface area contributed by atoms with E-state index in [1.807, 2.05) is 4.57 Å². The van der Waals surface area contributed by atoms with Crippen LogP contribution in [0.3, 0.4) is 0 Å². The number of hydrogen-bond donors (Lipinski definition) is 1. The van der Waals surface area contributed by atoms with Crippen LogP contribution in [0.4, 0.5) is 5.95 Å². The van der Waals surface area contributed by atoms with Crippen LogP contribution in [0.15, 0.2) is 4.73 Å². The summed E-state index contributed by atoms with van der Waals surface area (Å²) in [6.45, 7) is 1.50. The van der Waals surface area contributed by atoms with Crippen LogP contribution in [0.1, 0.15) is 44.8 Å². The first-order chi connectivity index (χ1) is 11.7. The van der Waals surface area contributed by atoms with E-state index in [-0.39, 0.29) is 12.5 Å². The van der Waals surface area contributed by atoms with Crippen molar-refractivity contribution in [3.63, 3.8) is 0 Å². The van der Waals surface area contributed by atoms with Crippen LogP contribution in [0.2, 0.25) is 5.15 Å². The molecule has 0 spiro atoms. The second kappa shape index (κ2) is 7.11. The van der Waals surface area contributed by atoms with Crippen LogP contribution in [0, 0.1) is 0 Å². The summed E-state index contributed by atoms with van der Waals surface area (Å²) in [5, 5.41) is 3.56. The first-order valence-corrected chi connectivity index (χ1v) is 9.50. The number of aromatic nitrogens is 4. The van der Waals surface area contributed by atoms with Gasteiger partial charge in [0.25, 0.3) is 0 Å². The number of hydrogen-bond acceptors (Lipinski definition) is 6. The van der Waals surface area contributed by atoms with E-state index in [9.17, 15) is 0 Å². The number of fused-ring (bicyclic) bond motifs is 1. The van der Waals surface area contributed by atoms with E-state index in [4.69, 9.17) is 21.1 Å². The summed E-state index contributed by atoms with van der Waals surface area (Å²) in [5.74, 6) is 0.445. The lowest BCUT2D eigenvalue weighted by molar-refractivity contribution is -0.0308. The first kappa shape index (κ1) is 16.5. The fourth-order valence-corrected chi connectivity index (χ4v) is 4.02. The van der Waals surface area contributed by atoms with E-state index < -0.39 is 0 Å². The molecule has 2 aliphatic heterocycles. The Bertz CT molecular complexity index is 728. The van der Waals surface area contributed by atoms with E-state index in [1.165, 1.54) is 0 Å². The highest BCUT2D eigenvalue weighted by molar-refractivity contribution is 9.10. The van der Waals surface area contributed by atoms with Gasteiger partial charge in [-0.3, -0.25) is 4.57 Å². The second-order valence-corrected chi connectivity index (χ2v) is 7.15. The van der Waals surface area contributed by atoms with Gasteiger partial charge in [-0.25, -0.2) is 4.98 Å². The SMILES string of the molecule is Clc1nc(NC2CCCCO2)nc2nc(Br)n(C3CCCCO3)c12. The van der Waals surface area contributed by atoms with Gasteiger partial charge in [0.15, 0.2) is 15.5 Å². The van der Waals surface area contributed by atoms with Crippen LogP contribution in [0.5, 0.6) is 0 Å². The molecule has 2 atom stereocenters. The lowest BCUT2D eigenvalue weighted by Crippen LogP contribution is -2.28. The van der Waals surface area contributed by atoms with Crippen molar-refractivity contribution in [2.45, 2.75) is 51.0 Å². The smallest absolute Gasteiger partial charge is 0.228 e. The number of nitrogens with one attached hydrogen (secondary N) is 1. The van der Waals surface area contributed by atoms with Gasteiger partial charge < -0.3 is 14.8 Å². The summed E-state index contributed by atoms with van der Waals surface area (Å²) in [4.78, 5) is 13.4. The highest BCUT2D eigenvalue weighted by Crippen LogP contribution is 2.33. The Balaban J connectivity index is 1.66. The van der Waals surface area contributed by atoms with Crippen LogP contribution in [-0.4, -0.2) is 39.0 Å². The minimum atomic E-state index is -0.0836. The third-order valence-electron chi connectivity index (χ3n) is 4.37. The Morgan fingerprint density at radius 1 is 1.04 bits per heavy atom. The van der Waals surface area contributed by atoms with Crippen LogP contribution in [0.25, 0.3) is 11.2 Å². The van der Waals surface area contributed by atoms with Crippen molar-refractivity contribution in [2.24, 2.45) is 0 Å². The average Bonchev–Trinajstić information content (AvgIpc) is 2.93. The average molecular weight is 417 g/mol. The molecule has 130 valence electrons. The standard InChI is InChI=1S/C15H19BrClN5O2/c16-14-20-13-11(22(14)10-6-2-4-8-24-10)12(17)19-15(21-13)18-9-5-1-3-7-23-9/h9-10H,1-8H2,(H,18,19,21). The molecule has 1 N–H and O–H groups in total. The summed E-state index contributed by atoms with van der Waals surface area (Å²) in [5.41, 5.74) is 1.25. The first-order valence-electron chi connectivity index (χ1n) is 8.33. The minimum absolute atomic E-state index is 0.0699. The fraction of sp³-hybridized carbons (Fsp3) is 0.667. The molecule has 9 heteroatoms. The predicted molar refractivity (Wildman–Crippen MR) is 94.1 cm³/mol. The van der Waals surface area contributed by atoms with Crippen molar-refractivity contribution in [1.29, 1.82) is 0 Å². The normalized spacial score (nSPS) is 25.1. The summed E-state index contributed by atoms with van der Waals surface area (Å²) >= 11 is 9.95. The zero-order valence-corrected chi connectivity index (χ0v) is 15.5. The van der Waals surface area contributed by atoms with Gasteiger partial charge in [0.05, 0.1) is 0 Å². The molecule has 2 aliphatic rings. The molecule has 4 rings (SSSR count). The van der Waals surface area contributed by atoms with Crippen molar-refractivity contribution in [1.82, 2.24) is 19.5 Å². The van der Waals surface area contributed by atoms with Gasteiger partial charge in [0.1, 0.15) is 18.0 Å². The third-order valence-corrected chi connectivity index (χ3v) is 5.20. The lowest BCUT2D eigenvalue weighted by Gasteiger charge is -2.25. The molecule has 2 saturated heterocycles. The van der Waals surface area contributed by atoms with Gasteiger partial charge in [0.2, 0.25) is 5.95 Å². The van der Waals surface area contributed by atoms with Gasteiger partial charge in [-0.05, 0) is 54.5 Å². The Labute approximate surface area is 153 Å². The number of nitrogens with zero attached hydrogens (tertiary/aromatic N) is 4. The Morgan fingerprint density at radius 2 is 1.83 bits per heavy atom. The summed E-state index contributed by atoms with van der Waals surface area (Å²) in [6, 6.07) is 0. The largest absolute Gasteiger partial charge is 0.359 e. The molecule has 2 fully saturated rings. The Hall–Kier alpha value is -0.960. The topological polar surface area (TPSA) is 74.1 Å². The molecule has 0 aliphatic carbocycles. The summed E-state index contributed by atoms with van der Waals surface area (Å²) in [7, 11) is 0. The van der Waals surface area contributed by atoms with Crippen LogP contribution >= 0.6 is 27.5 Å². The maximum atomic E-state index is 6.45. The summed E-state index contributed by atoms with van der Waals surface area (Å²) < 4.78 is 14.1. The predicted octanol–water partition coefficient (Wildman–Crippen LogP) is 3.88. The Kier molecular flexibility index (Phi) is 4.89. The lowest BCUT2D eigenvalue weighted by atomic mass is 10.2. The fourth-order valence-electron chi connectivity index (χ4n) is 3.19. The number of anilines is 1. The highest BCUT2D eigenvalue weighted by Gasteiger charge is 2.25. The maximum Gasteiger partial charge on any atom is 0.228 e. The van der Waals surface area contributed by atoms with E-state index >= 15 is 0 Å². The van der Waals surface area contributed by atoms with Crippen molar-refractivity contribution in [3.05, 3.63) is 9.89 Å². The van der Waals surface area contributed by atoms with E-state index in [0.29, 0.717) is 27.0 Å². The Morgan fingerprint density at radius 3 is 2.54 bits per heavy atom. The van der Waals surface area contributed by atoms with E-state index in [0.717, 1.165) is 51.7 Å². The second-order valence-electron chi connectivity index (χ2n) is 6.08. The zero-order valence-electron chi connectivity index (χ0n) is 13.2. The van der Waals surface area contributed by atoms with Gasteiger partial charge in [-0.2, -0.15) is 9.97 Å². The van der Waals surface area contributed by atoms with Gasteiger partial charge in [0, 0.05) is 13.2 Å². The van der Waals surface area contributed by atoms with Gasteiger partial charge in [-0.15, -0.1) is 0 Å². The molecule has 0 saturated carbocycles. The maximum absolute atomic E-state index is 6.45.